The van der Waals surface area contributed by atoms with E-state index in [0.717, 1.165) is 11.1 Å². The van der Waals surface area contributed by atoms with Crippen LogP contribution in [0.25, 0.3) is 0 Å². The highest BCUT2D eigenvalue weighted by Gasteiger charge is 2.58. The summed E-state index contributed by atoms with van der Waals surface area (Å²) in [5, 5.41) is 3.01. The zero-order valence-electron chi connectivity index (χ0n) is 22.8. The molecular formula is C29H38F2N2O5. The fraction of sp³-hybridized carbons (Fsp3) is 0.552. The monoisotopic (exact) mass is 532 g/mol. The Bertz CT molecular complexity index is 1110. The molecule has 4 atom stereocenters. The van der Waals surface area contributed by atoms with Crippen molar-refractivity contribution < 1.29 is 32.5 Å². The molecule has 7 nitrogen and oxygen atoms in total. The number of hydrogen-bond acceptors (Lipinski definition) is 6. The minimum Gasteiger partial charge on any atom is -0.370 e. The van der Waals surface area contributed by atoms with Gasteiger partial charge in [0.2, 0.25) is 0 Å². The number of fused-ring (bicyclic) bond motifs is 1. The summed E-state index contributed by atoms with van der Waals surface area (Å²) in [6, 6.07) is 11.6. The summed E-state index contributed by atoms with van der Waals surface area (Å²) >= 11 is 0. The second-order valence-electron chi connectivity index (χ2n) is 10.9. The third-order valence-electron chi connectivity index (χ3n) is 7.01. The lowest BCUT2D eigenvalue weighted by molar-refractivity contribution is -0.183. The largest absolute Gasteiger partial charge is 0.370 e. The highest BCUT2D eigenvalue weighted by Crippen LogP contribution is 2.44. The smallest absolute Gasteiger partial charge is 0.252 e. The molecule has 1 saturated heterocycles. The molecule has 0 radical (unpaired) electrons. The number of carbonyl (C=O) groups excluding carboxylic acids is 1. The normalized spacial score (nSPS) is 26.4. The fourth-order valence-electron chi connectivity index (χ4n) is 5.15. The van der Waals surface area contributed by atoms with Crippen LogP contribution in [0, 0.1) is 18.6 Å². The Morgan fingerprint density at radius 3 is 2.47 bits per heavy atom. The van der Waals surface area contributed by atoms with Gasteiger partial charge in [0.1, 0.15) is 17.7 Å². The van der Waals surface area contributed by atoms with Crippen molar-refractivity contribution in [3.63, 3.8) is 0 Å². The third kappa shape index (κ3) is 6.76. The van der Waals surface area contributed by atoms with Gasteiger partial charge >= 0.3 is 0 Å². The first kappa shape index (κ1) is 28.6. The Labute approximate surface area is 223 Å². The number of amides is 1. The molecule has 0 spiro atoms. The third-order valence-corrected chi connectivity index (χ3v) is 7.01. The van der Waals surface area contributed by atoms with Crippen LogP contribution in [0.15, 0.2) is 42.5 Å². The van der Waals surface area contributed by atoms with Crippen molar-refractivity contribution in [1.82, 2.24) is 10.2 Å². The first-order valence-electron chi connectivity index (χ1n) is 13.0. The van der Waals surface area contributed by atoms with Crippen molar-refractivity contribution in [2.75, 3.05) is 27.2 Å². The van der Waals surface area contributed by atoms with Gasteiger partial charge in [0, 0.05) is 31.5 Å². The predicted octanol–water partition coefficient (Wildman–Crippen LogP) is 4.11. The van der Waals surface area contributed by atoms with E-state index in [9.17, 15) is 13.6 Å². The number of rotatable bonds is 10. The van der Waals surface area contributed by atoms with Gasteiger partial charge in [-0.3, -0.25) is 4.79 Å². The molecule has 2 fully saturated rings. The van der Waals surface area contributed by atoms with Gasteiger partial charge < -0.3 is 29.2 Å². The summed E-state index contributed by atoms with van der Waals surface area (Å²) in [6.07, 6.45) is -1.33. The Hall–Kier alpha value is -2.43. The first-order valence-corrected chi connectivity index (χ1v) is 13.0. The van der Waals surface area contributed by atoms with Crippen molar-refractivity contribution in [3.05, 3.63) is 70.8 Å². The van der Waals surface area contributed by atoms with E-state index in [4.69, 9.17) is 18.9 Å². The second kappa shape index (κ2) is 11.8. The SMILES string of the molecule is Cc1cccc(CO[C@]2(C(=O)NCCN(C)C)CC(OCc3c(F)cccc3F)[C@@H]3OC(C)(C)O[C@@H]3C2)c1. The van der Waals surface area contributed by atoms with Crippen LogP contribution in [0.4, 0.5) is 8.78 Å². The molecule has 2 aromatic rings. The van der Waals surface area contributed by atoms with E-state index in [2.05, 4.69) is 5.32 Å². The number of aryl methyl sites for hydroxylation is 1. The molecule has 1 saturated carbocycles. The number of hydrogen-bond donors (Lipinski definition) is 1. The number of nitrogens with one attached hydrogen (secondary N) is 1. The Morgan fingerprint density at radius 2 is 1.79 bits per heavy atom. The minimum atomic E-state index is -1.29. The van der Waals surface area contributed by atoms with Gasteiger partial charge in [0.15, 0.2) is 11.4 Å². The zero-order valence-corrected chi connectivity index (χ0v) is 22.8. The van der Waals surface area contributed by atoms with E-state index < -0.39 is 41.3 Å². The van der Waals surface area contributed by atoms with E-state index in [-0.39, 0.29) is 37.5 Å². The van der Waals surface area contributed by atoms with Gasteiger partial charge in [-0.25, -0.2) is 8.78 Å². The van der Waals surface area contributed by atoms with E-state index in [0.29, 0.717) is 13.1 Å². The number of ether oxygens (including phenoxy) is 4. The van der Waals surface area contributed by atoms with Crippen LogP contribution in [0.3, 0.4) is 0 Å². The summed E-state index contributed by atoms with van der Waals surface area (Å²) in [5.41, 5.74) is 0.554. The number of likely N-dealkylation sites (N-methyl/N-ethyl adjacent to an activating group) is 1. The highest BCUT2D eigenvalue weighted by atomic mass is 19.1. The van der Waals surface area contributed by atoms with Gasteiger partial charge in [-0.15, -0.1) is 0 Å². The quantitative estimate of drug-likeness (QED) is 0.497. The fourth-order valence-corrected chi connectivity index (χ4v) is 5.15. The molecule has 1 amide bonds. The molecule has 1 unspecified atom stereocenters. The minimum absolute atomic E-state index is 0.142. The average molecular weight is 533 g/mol. The van der Waals surface area contributed by atoms with Crippen LogP contribution in [-0.4, -0.2) is 67.7 Å². The lowest BCUT2D eigenvalue weighted by atomic mass is 9.78. The highest BCUT2D eigenvalue weighted by molar-refractivity contribution is 5.85. The number of benzene rings is 2. The number of carbonyl (C=O) groups is 1. The molecule has 1 aliphatic heterocycles. The Balaban J connectivity index is 1.61. The lowest BCUT2D eigenvalue weighted by Gasteiger charge is -2.43. The molecule has 0 aromatic heterocycles. The molecule has 208 valence electrons. The molecule has 0 bridgehead atoms. The van der Waals surface area contributed by atoms with Crippen LogP contribution in [0.5, 0.6) is 0 Å². The molecule has 38 heavy (non-hydrogen) atoms. The van der Waals surface area contributed by atoms with E-state index in [1.165, 1.54) is 18.2 Å². The molecular weight excluding hydrogens is 494 g/mol. The number of nitrogens with zero attached hydrogens (tertiary/aromatic N) is 1. The average Bonchev–Trinajstić information content (AvgIpc) is 3.16. The molecule has 1 heterocycles. The van der Waals surface area contributed by atoms with E-state index >= 15 is 0 Å². The predicted molar refractivity (Wildman–Crippen MR) is 138 cm³/mol. The number of halogens is 2. The van der Waals surface area contributed by atoms with Crippen LogP contribution in [0.1, 0.15) is 43.4 Å². The second-order valence-corrected chi connectivity index (χ2v) is 10.9. The van der Waals surface area contributed by atoms with Gasteiger partial charge in [-0.05, 0) is 52.6 Å². The first-order chi connectivity index (χ1) is 18.0. The molecule has 1 aliphatic carbocycles. The summed E-state index contributed by atoms with van der Waals surface area (Å²) in [4.78, 5) is 15.7. The van der Waals surface area contributed by atoms with Crippen molar-refractivity contribution in [2.45, 2.75) is 76.5 Å². The Morgan fingerprint density at radius 1 is 1.08 bits per heavy atom. The summed E-state index contributed by atoms with van der Waals surface area (Å²) in [6.45, 7) is 6.58. The van der Waals surface area contributed by atoms with Crippen molar-refractivity contribution in [1.29, 1.82) is 0 Å². The molecule has 2 aliphatic rings. The van der Waals surface area contributed by atoms with Gasteiger partial charge in [-0.1, -0.05) is 35.9 Å². The lowest BCUT2D eigenvalue weighted by Crippen LogP contribution is -2.60. The van der Waals surface area contributed by atoms with Crippen LogP contribution >= 0.6 is 0 Å². The maximum Gasteiger partial charge on any atom is 0.252 e. The van der Waals surface area contributed by atoms with Crippen molar-refractivity contribution in [2.24, 2.45) is 0 Å². The molecule has 2 aromatic carbocycles. The Kier molecular flexibility index (Phi) is 8.84. The van der Waals surface area contributed by atoms with E-state index in [1.807, 2.05) is 50.2 Å². The van der Waals surface area contributed by atoms with Gasteiger partial charge in [0.25, 0.3) is 5.91 Å². The van der Waals surface area contributed by atoms with Crippen LogP contribution in [-0.2, 0) is 37.0 Å². The van der Waals surface area contributed by atoms with Gasteiger partial charge in [0.05, 0.1) is 25.4 Å². The topological polar surface area (TPSA) is 69.3 Å². The van der Waals surface area contributed by atoms with Crippen molar-refractivity contribution >= 4 is 5.91 Å². The van der Waals surface area contributed by atoms with Gasteiger partial charge in [-0.2, -0.15) is 0 Å². The molecule has 1 N–H and O–H groups in total. The molecule has 9 heteroatoms. The summed E-state index contributed by atoms with van der Waals surface area (Å²) in [5.74, 6) is -2.56. The van der Waals surface area contributed by atoms with Crippen molar-refractivity contribution in [3.8, 4) is 0 Å². The summed E-state index contributed by atoms with van der Waals surface area (Å²) < 4.78 is 53.6. The zero-order chi connectivity index (χ0) is 27.5. The maximum absolute atomic E-state index is 14.4. The van der Waals surface area contributed by atoms with Crippen LogP contribution < -0.4 is 5.32 Å². The standard InChI is InChI=1S/C29H38F2N2O5/c1-19-8-6-9-20(14-19)17-36-29(27(34)32-12-13-33(4)5)15-24(26-25(16-29)37-28(2,3)38-26)35-18-21-22(30)10-7-11-23(21)31/h6-11,14,24-26H,12-13,15-18H2,1-5H3,(H,32,34)/t24?,25-,26+,29-/m1/s1. The summed E-state index contributed by atoms with van der Waals surface area (Å²) in [7, 11) is 3.86. The van der Waals surface area contributed by atoms with Crippen LogP contribution in [0.2, 0.25) is 0 Å². The molecule has 4 rings (SSSR count). The van der Waals surface area contributed by atoms with E-state index in [1.54, 1.807) is 13.8 Å². The maximum atomic E-state index is 14.4.